The lowest BCUT2D eigenvalue weighted by atomic mass is 9.81. The van der Waals surface area contributed by atoms with Crippen LogP contribution in [0.5, 0.6) is 0 Å². The van der Waals surface area contributed by atoms with Crippen molar-refractivity contribution in [3.05, 3.63) is 58.3 Å². The normalized spacial score (nSPS) is 20.4. The van der Waals surface area contributed by atoms with Crippen molar-refractivity contribution in [3.8, 4) is 11.3 Å². The molecule has 1 aromatic carbocycles. The highest BCUT2D eigenvalue weighted by atomic mass is 35.5. The zero-order chi connectivity index (χ0) is 21.7. The van der Waals surface area contributed by atoms with E-state index in [4.69, 9.17) is 16.1 Å². The zero-order valence-corrected chi connectivity index (χ0v) is 17.9. The molecule has 0 saturated carbocycles. The van der Waals surface area contributed by atoms with Gasteiger partial charge in [0, 0.05) is 31.6 Å². The molecule has 2 aliphatic heterocycles. The fraction of sp³-hybridized carbons (Fsp3) is 0.364. The van der Waals surface area contributed by atoms with Crippen LogP contribution < -0.4 is 4.90 Å². The standard InChI is InChI=1S/C22H21ClFN5O2/c1-12-20(23)13(2)27-22(26-12)28-9-7-14-10-29(17(14)11-28)21(30)15-4-3-5-16(24)19(15)18-6-8-25-31-18/h3-6,8,14,17H,7,9-11H2,1-2H3/t14-,17-/m1/s1. The van der Waals surface area contributed by atoms with Gasteiger partial charge in [-0.05, 0) is 32.4 Å². The summed E-state index contributed by atoms with van der Waals surface area (Å²) in [6.45, 7) is 5.84. The van der Waals surface area contributed by atoms with Crippen molar-refractivity contribution in [2.45, 2.75) is 26.3 Å². The average Bonchev–Trinajstić information content (AvgIpc) is 3.26. The molecule has 9 heteroatoms. The van der Waals surface area contributed by atoms with Gasteiger partial charge in [0.1, 0.15) is 5.82 Å². The van der Waals surface area contributed by atoms with E-state index < -0.39 is 5.82 Å². The molecule has 2 aliphatic rings. The molecule has 5 rings (SSSR count). The number of benzene rings is 1. The molecule has 0 N–H and O–H groups in total. The second-order valence-corrected chi connectivity index (χ2v) is 8.45. The number of aromatic nitrogens is 3. The van der Waals surface area contributed by atoms with Crippen molar-refractivity contribution in [3.63, 3.8) is 0 Å². The molecule has 3 aromatic rings. The van der Waals surface area contributed by atoms with Crippen LogP contribution in [-0.4, -0.2) is 51.6 Å². The molecule has 2 atom stereocenters. The number of anilines is 1. The first-order valence-electron chi connectivity index (χ1n) is 10.2. The number of carbonyl (C=O) groups excluding carboxylic acids is 1. The minimum Gasteiger partial charge on any atom is -0.356 e. The van der Waals surface area contributed by atoms with Gasteiger partial charge in [-0.15, -0.1) is 0 Å². The number of aryl methyl sites for hydroxylation is 2. The van der Waals surface area contributed by atoms with Gasteiger partial charge in [-0.1, -0.05) is 22.8 Å². The van der Waals surface area contributed by atoms with E-state index in [1.54, 1.807) is 23.1 Å². The van der Waals surface area contributed by atoms with E-state index in [2.05, 4.69) is 20.0 Å². The monoisotopic (exact) mass is 441 g/mol. The summed E-state index contributed by atoms with van der Waals surface area (Å²) < 4.78 is 19.7. The number of piperidine rings is 1. The minimum atomic E-state index is -0.509. The van der Waals surface area contributed by atoms with Gasteiger partial charge in [0.25, 0.3) is 5.91 Å². The van der Waals surface area contributed by atoms with E-state index >= 15 is 0 Å². The van der Waals surface area contributed by atoms with Crippen molar-refractivity contribution in [1.29, 1.82) is 0 Å². The fourth-order valence-electron chi connectivity index (χ4n) is 4.49. The van der Waals surface area contributed by atoms with Gasteiger partial charge in [0.05, 0.1) is 39.8 Å². The number of halogens is 2. The van der Waals surface area contributed by atoms with Crippen LogP contribution in [0.1, 0.15) is 28.2 Å². The zero-order valence-electron chi connectivity index (χ0n) is 17.2. The number of amides is 1. The Morgan fingerprint density at radius 2 is 1.97 bits per heavy atom. The molecule has 0 spiro atoms. The van der Waals surface area contributed by atoms with Crippen LogP contribution in [0, 0.1) is 25.6 Å². The lowest BCUT2D eigenvalue weighted by Gasteiger charge is -2.53. The quantitative estimate of drug-likeness (QED) is 0.613. The van der Waals surface area contributed by atoms with Crippen LogP contribution in [-0.2, 0) is 0 Å². The molecule has 1 amide bonds. The Hall–Kier alpha value is -3.00. The topological polar surface area (TPSA) is 75.4 Å². The van der Waals surface area contributed by atoms with Gasteiger partial charge < -0.3 is 14.3 Å². The summed E-state index contributed by atoms with van der Waals surface area (Å²) in [6, 6.07) is 6.07. The predicted octanol–water partition coefficient (Wildman–Crippen LogP) is 3.89. The van der Waals surface area contributed by atoms with Crippen molar-refractivity contribution in [2.75, 3.05) is 24.5 Å². The molecule has 7 nitrogen and oxygen atoms in total. The number of rotatable bonds is 3. The van der Waals surface area contributed by atoms with Crippen molar-refractivity contribution in [1.82, 2.24) is 20.0 Å². The lowest BCUT2D eigenvalue weighted by molar-refractivity contribution is 0.00769. The molecule has 0 unspecified atom stereocenters. The molecule has 2 fully saturated rings. The number of hydrogen-bond acceptors (Lipinski definition) is 6. The largest absolute Gasteiger partial charge is 0.356 e. The molecule has 4 heterocycles. The number of likely N-dealkylation sites (tertiary alicyclic amines) is 1. The molecule has 2 saturated heterocycles. The molecule has 0 bridgehead atoms. The summed E-state index contributed by atoms with van der Waals surface area (Å²) >= 11 is 6.21. The molecule has 31 heavy (non-hydrogen) atoms. The molecule has 0 aliphatic carbocycles. The first-order valence-corrected chi connectivity index (χ1v) is 10.6. The van der Waals surface area contributed by atoms with E-state index in [1.807, 2.05) is 13.8 Å². The Morgan fingerprint density at radius 3 is 2.68 bits per heavy atom. The summed E-state index contributed by atoms with van der Waals surface area (Å²) in [5, 5.41) is 4.23. The first kappa shape index (κ1) is 19.9. The van der Waals surface area contributed by atoms with E-state index in [9.17, 15) is 9.18 Å². The minimum absolute atomic E-state index is 0.0204. The second-order valence-electron chi connectivity index (χ2n) is 8.07. The van der Waals surface area contributed by atoms with Gasteiger partial charge in [0.15, 0.2) is 5.76 Å². The highest BCUT2D eigenvalue weighted by Gasteiger charge is 2.46. The third kappa shape index (κ3) is 3.35. The smallest absolute Gasteiger partial charge is 0.255 e. The number of nitrogens with zero attached hydrogens (tertiary/aromatic N) is 5. The van der Waals surface area contributed by atoms with Gasteiger partial charge in [0.2, 0.25) is 5.95 Å². The Kier molecular flexibility index (Phi) is 4.89. The fourth-order valence-corrected chi connectivity index (χ4v) is 4.57. The maximum absolute atomic E-state index is 14.6. The van der Waals surface area contributed by atoms with E-state index in [0.717, 1.165) is 24.4 Å². The molecular formula is C22H21ClFN5O2. The summed E-state index contributed by atoms with van der Waals surface area (Å²) in [5.74, 6) is 0.565. The van der Waals surface area contributed by atoms with Crippen molar-refractivity contribution < 1.29 is 13.7 Å². The van der Waals surface area contributed by atoms with Crippen LogP contribution in [0.2, 0.25) is 5.02 Å². The predicted molar refractivity (Wildman–Crippen MR) is 114 cm³/mol. The van der Waals surface area contributed by atoms with Crippen molar-refractivity contribution >= 4 is 23.5 Å². The van der Waals surface area contributed by atoms with Crippen LogP contribution in [0.25, 0.3) is 11.3 Å². The molecule has 2 aromatic heterocycles. The van der Waals surface area contributed by atoms with Gasteiger partial charge in [-0.2, -0.15) is 0 Å². The van der Waals surface area contributed by atoms with Crippen LogP contribution in [0.3, 0.4) is 0 Å². The van der Waals surface area contributed by atoms with Crippen LogP contribution >= 0.6 is 11.6 Å². The van der Waals surface area contributed by atoms with Gasteiger partial charge in [-0.25, -0.2) is 14.4 Å². The van der Waals surface area contributed by atoms with Gasteiger partial charge in [-0.3, -0.25) is 4.79 Å². The first-order chi connectivity index (χ1) is 14.9. The number of fused-ring (bicyclic) bond motifs is 1. The summed E-state index contributed by atoms with van der Waals surface area (Å²) in [7, 11) is 0. The maximum atomic E-state index is 14.6. The SMILES string of the molecule is Cc1nc(N2CC[C@@H]3CN(C(=O)c4cccc(F)c4-c4ccno4)[C@@H]3C2)nc(C)c1Cl. The highest BCUT2D eigenvalue weighted by Crippen LogP contribution is 2.37. The summed E-state index contributed by atoms with van der Waals surface area (Å²) in [4.78, 5) is 26.4. The summed E-state index contributed by atoms with van der Waals surface area (Å²) in [6.07, 6.45) is 2.38. The second kappa shape index (κ2) is 7.60. The lowest BCUT2D eigenvalue weighted by Crippen LogP contribution is -2.66. The third-order valence-electron chi connectivity index (χ3n) is 6.20. The van der Waals surface area contributed by atoms with Gasteiger partial charge >= 0.3 is 0 Å². The van der Waals surface area contributed by atoms with E-state index in [-0.39, 0.29) is 28.8 Å². The Bertz CT molecular complexity index is 1130. The highest BCUT2D eigenvalue weighted by molar-refractivity contribution is 6.31. The van der Waals surface area contributed by atoms with Crippen LogP contribution in [0.4, 0.5) is 10.3 Å². The average molecular weight is 442 g/mol. The third-order valence-corrected chi connectivity index (χ3v) is 6.74. The Labute approximate surface area is 183 Å². The van der Waals surface area contributed by atoms with E-state index in [1.165, 1.54) is 12.3 Å². The molecular weight excluding hydrogens is 421 g/mol. The molecule has 160 valence electrons. The number of hydrogen-bond donors (Lipinski definition) is 0. The summed E-state index contributed by atoms with van der Waals surface area (Å²) in [5.41, 5.74) is 1.91. The Balaban J connectivity index is 1.40. The Morgan fingerprint density at radius 1 is 1.19 bits per heavy atom. The van der Waals surface area contributed by atoms with Crippen molar-refractivity contribution in [2.24, 2.45) is 5.92 Å². The van der Waals surface area contributed by atoms with E-state index in [0.29, 0.717) is 30.0 Å². The van der Waals surface area contributed by atoms with Crippen LogP contribution in [0.15, 0.2) is 35.0 Å². The number of carbonyl (C=O) groups is 1. The molecule has 0 radical (unpaired) electrons. The maximum Gasteiger partial charge on any atom is 0.255 e.